The van der Waals surface area contributed by atoms with Crippen LogP contribution in [0.2, 0.25) is 18.1 Å². The van der Waals surface area contributed by atoms with E-state index in [4.69, 9.17) is 4.43 Å². The Morgan fingerprint density at radius 2 is 2.00 bits per heavy atom. The van der Waals surface area contributed by atoms with Crippen molar-refractivity contribution in [2.45, 2.75) is 64.4 Å². The van der Waals surface area contributed by atoms with Gasteiger partial charge in [-0.15, -0.1) is 0 Å². The van der Waals surface area contributed by atoms with Crippen molar-refractivity contribution in [1.29, 1.82) is 0 Å². The van der Waals surface area contributed by atoms with Gasteiger partial charge in [0.2, 0.25) is 11.8 Å². The van der Waals surface area contributed by atoms with Crippen LogP contribution >= 0.6 is 0 Å². The minimum atomic E-state index is -1.98. The Labute approximate surface area is 116 Å². The van der Waals surface area contributed by atoms with Crippen LogP contribution < -0.4 is 10.6 Å². The Kier molecular flexibility index (Phi) is 4.79. The van der Waals surface area contributed by atoms with Crippen molar-refractivity contribution < 1.29 is 14.0 Å². The summed E-state index contributed by atoms with van der Waals surface area (Å²) in [6.07, 6.45) is 0.101. The molecule has 0 radical (unpaired) electrons. The van der Waals surface area contributed by atoms with Gasteiger partial charge in [-0.1, -0.05) is 20.8 Å². The van der Waals surface area contributed by atoms with Gasteiger partial charge in [0.15, 0.2) is 8.32 Å². The molecule has 0 aliphatic carbocycles. The molecule has 1 aliphatic rings. The second-order valence-corrected chi connectivity index (χ2v) is 11.5. The quantitative estimate of drug-likeness (QED) is 0.771. The van der Waals surface area contributed by atoms with Gasteiger partial charge in [0, 0.05) is 25.9 Å². The van der Waals surface area contributed by atoms with Crippen LogP contribution in [0.3, 0.4) is 0 Å². The Balaban J connectivity index is 2.70. The molecular formula is C13H26N2O3Si. The van der Waals surface area contributed by atoms with E-state index in [1.165, 1.54) is 6.92 Å². The summed E-state index contributed by atoms with van der Waals surface area (Å²) >= 11 is 0. The third-order valence-electron chi connectivity index (χ3n) is 3.96. The van der Waals surface area contributed by atoms with Crippen LogP contribution in [-0.4, -0.2) is 38.8 Å². The first kappa shape index (κ1) is 16.2. The lowest BCUT2D eigenvalue weighted by molar-refractivity contribution is -0.132. The first-order valence-corrected chi connectivity index (χ1v) is 9.66. The molecule has 0 spiro atoms. The molecule has 6 heteroatoms. The fourth-order valence-electron chi connectivity index (χ4n) is 1.82. The van der Waals surface area contributed by atoms with Gasteiger partial charge < -0.3 is 15.1 Å². The van der Waals surface area contributed by atoms with E-state index in [-0.39, 0.29) is 22.9 Å². The van der Waals surface area contributed by atoms with Crippen LogP contribution in [0.25, 0.3) is 0 Å². The number of rotatable bonds is 3. The van der Waals surface area contributed by atoms with E-state index in [1.807, 2.05) is 0 Å². The first-order valence-electron chi connectivity index (χ1n) is 6.75. The number of piperidine rings is 1. The molecule has 1 fully saturated rings. The lowest BCUT2D eigenvalue weighted by Crippen LogP contribution is -2.57. The second kappa shape index (κ2) is 5.62. The van der Waals surface area contributed by atoms with Gasteiger partial charge in [-0.2, -0.15) is 0 Å². The number of nitrogens with one attached hydrogen (secondary N) is 2. The predicted octanol–water partition coefficient (Wildman–Crippen LogP) is 1.40. The van der Waals surface area contributed by atoms with Gasteiger partial charge in [-0.25, -0.2) is 0 Å². The summed E-state index contributed by atoms with van der Waals surface area (Å²) in [4.78, 5) is 23.0. The fraction of sp³-hybridized carbons (Fsp3) is 0.846. The molecule has 0 saturated carbocycles. The van der Waals surface area contributed by atoms with Gasteiger partial charge in [-0.05, 0) is 18.1 Å². The molecule has 0 unspecified atom stereocenters. The molecule has 1 rings (SSSR count). The van der Waals surface area contributed by atoms with E-state index in [0.717, 1.165) is 0 Å². The van der Waals surface area contributed by atoms with E-state index in [2.05, 4.69) is 44.5 Å². The van der Waals surface area contributed by atoms with Gasteiger partial charge >= 0.3 is 0 Å². The van der Waals surface area contributed by atoms with Crippen molar-refractivity contribution >= 4 is 20.1 Å². The van der Waals surface area contributed by atoms with E-state index >= 15 is 0 Å². The highest BCUT2D eigenvalue weighted by molar-refractivity contribution is 6.74. The van der Waals surface area contributed by atoms with E-state index < -0.39 is 14.4 Å². The zero-order chi connectivity index (χ0) is 14.8. The summed E-state index contributed by atoms with van der Waals surface area (Å²) in [5.74, 6) is -0.140. The average Bonchev–Trinajstić information content (AvgIpc) is 2.20. The molecule has 2 N–H and O–H groups in total. The maximum atomic E-state index is 11.9. The average molecular weight is 286 g/mol. The molecule has 2 amide bonds. The highest BCUT2D eigenvalue weighted by Gasteiger charge is 2.42. The highest BCUT2D eigenvalue weighted by Crippen LogP contribution is 2.37. The van der Waals surface area contributed by atoms with Crippen LogP contribution in [0.5, 0.6) is 0 Å². The number of carbonyl (C=O) groups is 2. The Bertz CT molecular complexity index is 363. The third-order valence-corrected chi connectivity index (χ3v) is 8.45. The summed E-state index contributed by atoms with van der Waals surface area (Å²) in [7, 11) is -1.98. The van der Waals surface area contributed by atoms with Gasteiger partial charge in [0.05, 0.1) is 0 Å². The molecule has 0 aromatic carbocycles. The number of hydrogen-bond acceptors (Lipinski definition) is 3. The maximum absolute atomic E-state index is 11.9. The maximum Gasteiger partial charge on any atom is 0.248 e. The fourth-order valence-corrected chi connectivity index (χ4v) is 3.09. The van der Waals surface area contributed by atoms with Crippen molar-refractivity contribution in [3.8, 4) is 0 Å². The Morgan fingerprint density at radius 1 is 1.42 bits per heavy atom. The number of carbonyl (C=O) groups excluding carboxylic acids is 2. The lowest BCUT2D eigenvalue weighted by Gasteiger charge is -2.41. The SMILES string of the molecule is CC(=O)N[C@@H]1CNC(=O)[C@H](O[Si](C)(C)C(C)(C)C)C1. The van der Waals surface area contributed by atoms with Crippen LogP contribution in [-0.2, 0) is 14.0 Å². The Morgan fingerprint density at radius 3 is 2.47 bits per heavy atom. The molecule has 0 bridgehead atoms. The Hall–Kier alpha value is -0.883. The first-order chi connectivity index (χ1) is 8.53. The zero-order valence-electron chi connectivity index (χ0n) is 12.8. The molecule has 0 aromatic heterocycles. The zero-order valence-corrected chi connectivity index (χ0v) is 13.8. The summed E-state index contributed by atoms with van der Waals surface area (Å²) in [5.41, 5.74) is 0. The van der Waals surface area contributed by atoms with Crippen LogP contribution in [0.1, 0.15) is 34.1 Å². The second-order valence-electron chi connectivity index (χ2n) is 6.75. The van der Waals surface area contributed by atoms with E-state index in [1.54, 1.807) is 0 Å². The van der Waals surface area contributed by atoms with Gasteiger partial charge in [0.25, 0.3) is 0 Å². The summed E-state index contributed by atoms with van der Waals surface area (Å²) in [6.45, 7) is 12.7. The monoisotopic (exact) mass is 286 g/mol. The lowest BCUT2D eigenvalue weighted by atomic mass is 10.0. The standard InChI is InChI=1S/C13H26N2O3Si/c1-9(16)15-10-7-11(12(17)14-8-10)18-19(5,6)13(2,3)4/h10-11H,7-8H2,1-6H3,(H,14,17)(H,15,16)/t10-,11+/m0/s1. The van der Waals surface area contributed by atoms with Crippen LogP contribution in [0, 0.1) is 0 Å². The molecule has 5 nitrogen and oxygen atoms in total. The number of amides is 2. The van der Waals surface area contributed by atoms with E-state index in [9.17, 15) is 9.59 Å². The minimum absolute atomic E-state index is 0.0371. The normalized spacial score (nSPS) is 24.8. The van der Waals surface area contributed by atoms with Crippen molar-refractivity contribution in [3.63, 3.8) is 0 Å². The molecular weight excluding hydrogens is 260 g/mol. The predicted molar refractivity (Wildman–Crippen MR) is 77.3 cm³/mol. The topological polar surface area (TPSA) is 67.4 Å². The molecule has 1 saturated heterocycles. The van der Waals surface area contributed by atoms with Crippen molar-refractivity contribution in [2.24, 2.45) is 0 Å². The van der Waals surface area contributed by atoms with Crippen molar-refractivity contribution in [1.82, 2.24) is 10.6 Å². The highest BCUT2D eigenvalue weighted by atomic mass is 28.4. The minimum Gasteiger partial charge on any atom is -0.405 e. The molecule has 110 valence electrons. The third kappa shape index (κ3) is 4.31. The summed E-state index contributed by atoms with van der Waals surface area (Å²) < 4.78 is 6.14. The van der Waals surface area contributed by atoms with E-state index in [0.29, 0.717) is 13.0 Å². The van der Waals surface area contributed by atoms with Crippen LogP contribution in [0.15, 0.2) is 0 Å². The smallest absolute Gasteiger partial charge is 0.248 e. The molecule has 2 atom stereocenters. The molecule has 0 aromatic rings. The van der Waals surface area contributed by atoms with Crippen molar-refractivity contribution in [2.75, 3.05) is 6.54 Å². The summed E-state index contributed by atoms with van der Waals surface area (Å²) in [5, 5.41) is 5.71. The van der Waals surface area contributed by atoms with Gasteiger partial charge in [0.1, 0.15) is 6.10 Å². The molecule has 1 heterocycles. The van der Waals surface area contributed by atoms with Gasteiger partial charge in [-0.3, -0.25) is 9.59 Å². The number of hydrogen-bond donors (Lipinski definition) is 2. The molecule has 1 aliphatic heterocycles. The largest absolute Gasteiger partial charge is 0.405 e. The van der Waals surface area contributed by atoms with Crippen LogP contribution in [0.4, 0.5) is 0 Å². The molecule has 19 heavy (non-hydrogen) atoms. The summed E-state index contributed by atoms with van der Waals surface area (Å²) in [6, 6.07) is -0.0371. The van der Waals surface area contributed by atoms with Crippen molar-refractivity contribution in [3.05, 3.63) is 0 Å².